The van der Waals surface area contributed by atoms with Crippen LogP contribution in [-0.2, 0) is 0 Å². The Morgan fingerprint density at radius 1 is 1.07 bits per heavy atom. The first-order chi connectivity index (χ1) is 7.27. The third kappa shape index (κ3) is 2.17. The van der Waals surface area contributed by atoms with Crippen molar-refractivity contribution in [3.63, 3.8) is 0 Å². The average molecular weight is 200 g/mol. The molecule has 0 saturated heterocycles. The van der Waals surface area contributed by atoms with Crippen LogP contribution in [0.15, 0.2) is 60.4 Å². The van der Waals surface area contributed by atoms with Crippen molar-refractivity contribution in [1.82, 2.24) is 0 Å². The topological polar surface area (TPSA) is 40.5 Å². The first-order valence-electron chi connectivity index (χ1n) is 4.80. The van der Waals surface area contributed by atoms with Gasteiger partial charge in [-0.1, -0.05) is 42.5 Å². The van der Waals surface area contributed by atoms with E-state index in [-0.39, 0.29) is 5.76 Å². The van der Waals surface area contributed by atoms with Crippen molar-refractivity contribution >= 4 is 5.57 Å². The molecule has 1 aliphatic carbocycles. The monoisotopic (exact) mass is 200 g/mol. The molecule has 0 saturated carbocycles. The highest BCUT2D eigenvalue weighted by Crippen LogP contribution is 2.20. The summed E-state index contributed by atoms with van der Waals surface area (Å²) in [7, 11) is 0. The fraction of sp³-hybridized carbons (Fsp3) is 0.0769. The van der Waals surface area contributed by atoms with Gasteiger partial charge in [-0.15, -0.1) is 0 Å². The van der Waals surface area contributed by atoms with E-state index in [0.717, 1.165) is 11.1 Å². The Morgan fingerprint density at radius 2 is 1.80 bits per heavy atom. The van der Waals surface area contributed by atoms with Crippen molar-refractivity contribution in [2.24, 2.45) is 0 Å². The lowest BCUT2D eigenvalue weighted by molar-refractivity contribution is 0.193. The van der Waals surface area contributed by atoms with Crippen molar-refractivity contribution in [3.05, 3.63) is 66.0 Å². The number of allylic oxidation sites excluding steroid dienone is 4. The van der Waals surface area contributed by atoms with E-state index in [1.54, 1.807) is 18.2 Å². The van der Waals surface area contributed by atoms with Gasteiger partial charge in [-0.3, -0.25) is 0 Å². The molecule has 76 valence electrons. The molecule has 0 bridgehead atoms. The zero-order valence-corrected chi connectivity index (χ0v) is 8.17. The van der Waals surface area contributed by atoms with Crippen molar-refractivity contribution in [3.8, 4) is 0 Å². The number of rotatable bonds is 1. The lowest BCUT2D eigenvalue weighted by Crippen LogP contribution is -2.04. The van der Waals surface area contributed by atoms with Crippen molar-refractivity contribution in [2.45, 2.75) is 6.10 Å². The molecule has 1 aromatic carbocycles. The van der Waals surface area contributed by atoms with Crippen LogP contribution < -0.4 is 0 Å². The minimum Gasteiger partial charge on any atom is -0.509 e. The molecule has 0 heterocycles. The molecule has 0 amide bonds. The Morgan fingerprint density at radius 3 is 2.53 bits per heavy atom. The lowest BCUT2D eigenvalue weighted by Gasteiger charge is -2.04. The lowest BCUT2D eigenvalue weighted by atomic mass is 10.1. The molecule has 0 aromatic heterocycles. The predicted molar refractivity (Wildman–Crippen MR) is 60.3 cm³/mol. The van der Waals surface area contributed by atoms with Gasteiger partial charge in [-0.05, 0) is 23.3 Å². The summed E-state index contributed by atoms with van der Waals surface area (Å²) in [4.78, 5) is 0. The van der Waals surface area contributed by atoms with Crippen LogP contribution in [0.1, 0.15) is 5.56 Å². The Kier molecular flexibility index (Phi) is 2.70. The quantitative estimate of drug-likeness (QED) is 0.731. The van der Waals surface area contributed by atoms with Gasteiger partial charge < -0.3 is 10.2 Å². The van der Waals surface area contributed by atoms with Gasteiger partial charge >= 0.3 is 0 Å². The van der Waals surface area contributed by atoms with Crippen LogP contribution in [-0.4, -0.2) is 16.3 Å². The molecule has 1 aliphatic rings. The standard InChI is InChI=1S/C13H12O2/c14-12-8-4-7-11(9-13(12)15)10-5-2-1-3-6-10/h1-9,12,14-15H. The smallest absolute Gasteiger partial charge is 0.129 e. The van der Waals surface area contributed by atoms with Gasteiger partial charge in [0.05, 0.1) is 0 Å². The van der Waals surface area contributed by atoms with E-state index in [4.69, 9.17) is 0 Å². The Bertz CT molecular complexity index is 427. The number of hydrogen-bond acceptors (Lipinski definition) is 2. The van der Waals surface area contributed by atoms with Gasteiger partial charge in [0.25, 0.3) is 0 Å². The van der Waals surface area contributed by atoms with Crippen LogP contribution in [0.2, 0.25) is 0 Å². The summed E-state index contributed by atoms with van der Waals surface area (Å²) >= 11 is 0. The van der Waals surface area contributed by atoms with Crippen LogP contribution in [0.4, 0.5) is 0 Å². The second-order valence-electron chi connectivity index (χ2n) is 3.39. The molecule has 15 heavy (non-hydrogen) atoms. The second kappa shape index (κ2) is 4.15. The van der Waals surface area contributed by atoms with E-state index in [1.807, 2.05) is 36.4 Å². The molecule has 0 aliphatic heterocycles. The molecule has 0 radical (unpaired) electrons. The Balaban J connectivity index is 2.39. The van der Waals surface area contributed by atoms with E-state index in [2.05, 4.69) is 0 Å². The normalized spacial score (nSPS) is 20.5. The first kappa shape index (κ1) is 9.74. The van der Waals surface area contributed by atoms with Crippen LogP contribution in [0.5, 0.6) is 0 Å². The van der Waals surface area contributed by atoms with Gasteiger partial charge in [0.1, 0.15) is 11.9 Å². The van der Waals surface area contributed by atoms with Gasteiger partial charge in [0, 0.05) is 0 Å². The summed E-state index contributed by atoms with van der Waals surface area (Å²) in [6.45, 7) is 0. The van der Waals surface area contributed by atoms with E-state index in [9.17, 15) is 10.2 Å². The molecule has 2 nitrogen and oxygen atoms in total. The van der Waals surface area contributed by atoms with Gasteiger partial charge in [-0.25, -0.2) is 0 Å². The van der Waals surface area contributed by atoms with E-state index < -0.39 is 6.10 Å². The Labute approximate surface area is 88.5 Å². The molecule has 1 unspecified atom stereocenters. The van der Waals surface area contributed by atoms with Crippen LogP contribution in [0.3, 0.4) is 0 Å². The number of aliphatic hydroxyl groups is 2. The predicted octanol–water partition coefficient (Wildman–Crippen LogP) is 2.44. The molecule has 2 heteroatoms. The zero-order chi connectivity index (χ0) is 10.7. The fourth-order valence-electron chi connectivity index (χ4n) is 1.47. The van der Waals surface area contributed by atoms with E-state index >= 15 is 0 Å². The molecule has 2 rings (SSSR count). The fourth-order valence-corrected chi connectivity index (χ4v) is 1.47. The van der Waals surface area contributed by atoms with Crippen molar-refractivity contribution in [2.75, 3.05) is 0 Å². The molecule has 0 spiro atoms. The minimum absolute atomic E-state index is 0.0288. The molecule has 1 aromatic rings. The molecule has 2 N–H and O–H groups in total. The molecule has 0 fully saturated rings. The third-order valence-electron chi connectivity index (χ3n) is 2.28. The summed E-state index contributed by atoms with van der Waals surface area (Å²) in [6.07, 6.45) is 5.83. The summed E-state index contributed by atoms with van der Waals surface area (Å²) in [5.41, 5.74) is 1.91. The summed E-state index contributed by atoms with van der Waals surface area (Å²) in [5.74, 6) is -0.0288. The highest BCUT2D eigenvalue weighted by Gasteiger charge is 2.09. The van der Waals surface area contributed by atoms with Gasteiger partial charge in [-0.2, -0.15) is 0 Å². The second-order valence-corrected chi connectivity index (χ2v) is 3.39. The van der Waals surface area contributed by atoms with Crippen LogP contribution in [0, 0.1) is 0 Å². The zero-order valence-electron chi connectivity index (χ0n) is 8.17. The maximum atomic E-state index is 9.51. The average Bonchev–Trinajstić information content (AvgIpc) is 2.43. The van der Waals surface area contributed by atoms with Crippen molar-refractivity contribution in [1.29, 1.82) is 0 Å². The summed E-state index contributed by atoms with van der Waals surface area (Å²) < 4.78 is 0. The van der Waals surface area contributed by atoms with Crippen LogP contribution >= 0.6 is 0 Å². The first-order valence-corrected chi connectivity index (χ1v) is 4.80. The number of benzene rings is 1. The summed E-state index contributed by atoms with van der Waals surface area (Å²) in [6, 6.07) is 9.73. The maximum Gasteiger partial charge on any atom is 0.129 e. The van der Waals surface area contributed by atoms with Gasteiger partial charge in [0.15, 0.2) is 0 Å². The number of hydrogen-bond donors (Lipinski definition) is 2. The molecule has 1 atom stereocenters. The molecular weight excluding hydrogens is 188 g/mol. The third-order valence-corrected chi connectivity index (χ3v) is 2.28. The Hall–Kier alpha value is -1.80. The maximum absolute atomic E-state index is 9.51. The summed E-state index contributed by atoms with van der Waals surface area (Å²) in [5, 5.41) is 18.9. The van der Waals surface area contributed by atoms with Crippen LogP contribution in [0.25, 0.3) is 5.57 Å². The van der Waals surface area contributed by atoms with Crippen molar-refractivity contribution < 1.29 is 10.2 Å². The number of aliphatic hydroxyl groups excluding tert-OH is 2. The minimum atomic E-state index is -0.900. The largest absolute Gasteiger partial charge is 0.509 e. The SMILES string of the molecule is OC1=CC(c2ccccc2)=CC=CC1O. The highest BCUT2D eigenvalue weighted by atomic mass is 16.3. The molecular formula is C13H12O2. The van der Waals surface area contributed by atoms with E-state index in [0.29, 0.717) is 0 Å². The van der Waals surface area contributed by atoms with E-state index in [1.165, 1.54) is 0 Å². The van der Waals surface area contributed by atoms with Gasteiger partial charge in [0.2, 0.25) is 0 Å². The highest BCUT2D eigenvalue weighted by molar-refractivity contribution is 5.76.